The maximum atomic E-state index is 12.5. The molecule has 0 saturated carbocycles. The molecule has 2 amide bonds. The monoisotopic (exact) mass is 391 g/mol. The Morgan fingerprint density at radius 3 is 2.56 bits per heavy atom. The van der Waals surface area contributed by atoms with Gasteiger partial charge in [-0.05, 0) is 24.3 Å². The van der Waals surface area contributed by atoms with E-state index in [1.165, 1.54) is 44.7 Å². The summed E-state index contributed by atoms with van der Waals surface area (Å²) in [5.41, 5.74) is 0.282. The van der Waals surface area contributed by atoms with Crippen molar-refractivity contribution in [2.75, 3.05) is 27.3 Å². The highest BCUT2D eigenvalue weighted by molar-refractivity contribution is 7.89. The number of nitrogens with zero attached hydrogens (tertiary/aromatic N) is 2. The Bertz CT molecular complexity index is 970. The molecule has 2 aromatic rings. The van der Waals surface area contributed by atoms with Crippen LogP contribution in [0.25, 0.3) is 0 Å². The number of ether oxygens (including phenoxy) is 2. The number of sulfonamides is 1. The number of pyridine rings is 1. The lowest BCUT2D eigenvalue weighted by atomic mass is 10.2. The van der Waals surface area contributed by atoms with Crippen LogP contribution in [0.5, 0.6) is 11.5 Å². The first-order valence-corrected chi connectivity index (χ1v) is 9.40. The summed E-state index contributed by atoms with van der Waals surface area (Å²) in [6.45, 7) is -0.269. The number of fused-ring (bicyclic) bond motifs is 1. The highest BCUT2D eigenvalue weighted by Gasteiger charge is 2.36. The molecule has 0 unspecified atom stereocenters. The Morgan fingerprint density at radius 1 is 1.11 bits per heavy atom. The van der Waals surface area contributed by atoms with Crippen LogP contribution in [0.15, 0.2) is 41.4 Å². The molecule has 0 fully saturated rings. The van der Waals surface area contributed by atoms with Crippen LogP contribution in [-0.4, -0.2) is 57.4 Å². The van der Waals surface area contributed by atoms with Crippen molar-refractivity contribution in [1.29, 1.82) is 0 Å². The summed E-state index contributed by atoms with van der Waals surface area (Å²) in [5, 5.41) is 0. The third kappa shape index (κ3) is 3.49. The van der Waals surface area contributed by atoms with E-state index in [1.807, 2.05) is 0 Å². The predicted molar refractivity (Wildman–Crippen MR) is 94.3 cm³/mol. The van der Waals surface area contributed by atoms with Crippen LogP contribution in [0.4, 0.5) is 0 Å². The average Bonchev–Trinajstić information content (AvgIpc) is 2.92. The molecule has 0 saturated heterocycles. The summed E-state index contributed by atoms with van der Waals surface area (Å²) in [4.78, 5) is 29.3. The minimum absolute atomic E-state index is 0.0715. The number of nitrogens with one attached hydrogen (secondary N) is 1. The SMILES string of the molecule is COc1ccc(S(=O)(=O)NCCN2C(=O)c3cccnc3C2=O)c(OC)c1. The first kappa shape index (κ1) is 18.8. The third-order valence-corrected chi connectivity index (χ3v) is 5.52. The van der Waals surface area contributed by atoms with Crippen molar-refractivity contribution in [2.45, 2.75) is 4.90 Å². The number of hydrogen-bond acceptors (Lipinski definition) is 7. The zero-order valence-corrected chi connectivity index (χ0v) is 15.4. The summed E-state index contributed by atoms with van der Waals surface area (Å²) in [5.74, 6) is -0.475. The van der Waals surface area contributed by atoms with E-state index >= 15 is 0 Å². The van der Waals surface area contributed by atoms with Gasteiger partial charge in [0.15, 0.2) is 0 Å². The van der Waals surface area contributed by atoms with Crippen LogP contribution in [0, 0.1) is 0 Å². The molecule has 0 spiro atoms. The van der Waals surface area contributed by atoms with E-state index in [1.54, 1.807) is 6.07 Å². The number of hydrogen-bond donors (Lipinski definition) is 1. The number of rotatable bonds is 7. The minimum Gasteiger partial charge on any atom is -0.497 e. The Kier molecular flexibility index (Phi) is 5.10. The number of benzene rings is 1. The number of methoxy groups -OCH3 is 2. The smallest absolute Gasteiger partial charge is 0.280 e. The van der Waals surface area contributed by atoms with Gasteiger partial charge in [0, 0.05) is 25.4 Å². The van der Waals surface area contributed by atoms with Gasteiger partial charge in [0.05, 0.1) is 19.8 Å². The molecular weight excluding hydrogens is 374 g/mol. The fourth-order valence-electron chi connectivity index (χ4n) is 2.68. The van der Waals surface area contributed by atoms with Gasteiger partial charge in [-0.1, -0.05) is 0 Å². The maximum Gasteiger partial charge on any atom is 0.280 e. The molecule has 0 bridgehead atoms. The maximum absolute atomic E-state index is 12.5. The van der Waals surface area contributed by atoms with Gasteiger partial charge in [-0.3, -0.25) is 19.5 Å². The highest BCUT2D eigenvalue weighted by Crippen LogP contribution is 2.28. The van der Waals surface area contributed by atoms with Gasteiger partial charge in [0.25, 0.3) is 11.8 Å². The van der Waals surface area contributed by atoms with Gasteiger partial charge in [0.1, 0.15) is 22.1 Å². The standard InChI is InChI=1S/C17H17N3O6S/c1-25-11-5-6-14(13(10-11)26-2)27(23,24)19-8-9-20-16(21)12-4-3-7-18-15(12)17(20)22/h3-7,10,19H,8-9H2,1-2H3. The molecular formula is C17H17N3O6S. The van der Waals surface area contributed by atoms with Crippen molar-refractivity contribution in [3.8, 4) is 11.5 Å². The van der Waals surface area contributed by atoms with Crippen molar-refractivity contribution in [2.24, 2.45) is 0 Å². The van der Waals surface area contributed by atoms with Crippen molar-refractivity contribution in [3.63, 3.8) is 0 Å². The molecule has 3 rings (SSSR count). The van der Waals surface area contributed by atoms with Crippen LogP contribution in [-0.2, 0) is 10.0 Å². The zero-order chi connectivity index (χ0) is 19.6. The van der Waals surface area contributed by atoms with E-state index in [2.05, 4.69) is 9.71 Å². The fraction of sp³-hybridized carbons (Fsp3) is 0.235. The van der Waals surface area contributed by atoms with Crippen molar-refractivity contribution in [3.05, 3.63) is 47.8 Å². The predicted octanol–water partition coefficient (Wildman–Crippen LogP) is 0.673. The van der Waals surface area contributed by atoms with Gasteiger partial charge >= 0.3 is 0 Å². The van der Waals surface area contributed by atoms with Crippen LogP contribution < -0.4 is 14.2 Å². The fourth-order valence-corrected chi connectivity index (χ4v) is 3.85. The number of amides is 2. The highest BCUT2D eigenvalue weighted by atomic mass is 32.2. The van der Waals surface area contributed by atoms with Crippen LogP contribution in [0.1, 0.15) is 20.8 Å². The van der Waals surface area contributed by atoms with Crippen molar-refractivity contribution < 1.29 is 27.5 Å². The number of imide groups is 1. The lowest BCUT2D eigenvalue weighted by molar-refractivity contribution is 0.0655. The Labute approximate surface area is 156 Å². The summed E-state index contributed by atoms with van der Waals surface area (Å²) in [6, 6.07) is 7.37. The van der Waals surface area contributed by atoms with Crippen molar-refractivity contribution >= 4 is 21.8 Å². The number of carbonyl (C=O) groups excluding carboxylic acids is 2. The second-order valence-corrected chi connectivity index (χ2v) is 7.31. The molecule has 142 valence electrons. The quantitative estimate of drug-likeness (QED) is 0.690. The third-order valence-electron chi connectivity index (χ3n) is 4.02. The first-order valence-electron chi connectivity index (χ1n) is 7.92. The lowest BCUT2D eigenvalue weighted by Crippen LogP contribution is -2.38. The second-order valence-electron chi connectivity index (χ2n) is 5.58. The largest absolute Gasteiger partial charge is 0.497 e. The van der Waals surface area contributed by atoms with E-state index < -0.39 is 21.8 Å². The summed E-state index contributed by atoms with van der Waals surface area (Å²) < 4.78 is 37.6. The topological polar surface area (TPSA) is 115 Å². The average molecular weight is 391 g/mol. The molecule has 1 aromatic heterocycles. The number of aromatic nitrogens is 1. The van der Waals surface area contributed by atoms with Gasteiger partial charge in [-0.2, -0.15) is 0 Å². The normalized spacial score (nSPS) is 13.6. The summed E-state index contributed by atoms with van der Waals surface area (Å²) in [7, 11) is -1.11. The molecule has 27 heavy (non-hydrogen) atoms. The van der Waals surface area contributed by atoms with Crippen LogP contribution >= 0.6 is 0 Å². The summed E-state index contributed by atoms with van der Waals surface area (Å²) >= 11 is 0. The van der Waals surface area contributed by atoms with Crippen molar-refractivity contribution in [1.82, 2.24) is 14.6 Å². The van der Waals surface area contributed by atoms with Gasteiger partial charge in [-0.25, -0.2) is 13.1 Å². The van der Waals surface area contributed by atoms with Gasteiger partial charge in [-0.15, -0.1) is 0 Å². The van der Waals surface area contributed by atoms with E-state index in [-0.39, 0.29) is 35.0 Å². The molecule has 1 aromatic carbocycles. The molecule has 1 N–H and O–H groups in total. The zero-order valence-electron chi connectivity index (χ0n) is 14.6. The minimum atomic E-state index is -3.92. The molecule has 10 heteroatoms. The van der Waals surface area contributed by atoms with E-state index in [9.17, 15) is 18.0 Å². The number of carbonyl (C=O) groups is 2. The van der Waals surface area contributed by atoms with E-state index in [4.69, 9.17) is 9.47 Å². The molecule has 2 heterocycles. The Hall–Kier alpha value is -2.98. The van der Waals surface area contributed by atoms with Crippen LogP contribution in [0.3, 0.4) is 0 Å². The Morgan fingerprint density at radius 2 is 1.89 bits per heavy atom. The van der Waals surface area contributed by atoms with E-state index in [0.717, 1.165) is 4.90 Å². The lowest BCUT2D eigenvalue weighted by Gasteiger charge is -2.15. The van der Waals surface area contributed by atoms with Gasteiger partial charge in [0.2, 0.25) is 10.0 Å². The molecule has 0 aliphatic carbocycles. The Balaban J connectivity index is 1.71. The molecule has 0 atom stereocenters. The van der Waals surface area contributed by atoms with E-state index in [0.29, 0.717) is 5.75 Å². The van der Waals surface area contributed by atoms with Gasteiger partial charge < -0.3 is 9.47 Å². The molecule has 1 aliphatic heterocycles. The second kappa shape index (κ2) is 7.33. The molecule has 0 radical (unpaired) electrons. The van der Waals surface area contributed by atoms with Crippen LogP contribution in [0.2, 0.25) is 0 Å². The first-order chi connectivity index (χ1) is 12.9. The molecule has 1 aliphatic rings. The molecule has 9 nitrogen and oxygen atoms in total. The summed E-state index contributed by atoms with van der Waals surface area (Å²) in [6.07, 6.45) is 1.42.